The van der Waals surface area contributed by atoms with E-state index in [4.69, 9.17) is 23.8 Å². The second-order valence-corrected chi connectivity index (χ2v) is 7.33. The van der Waals surface area contributed by atoms with Gasteiger partial charge in [0.05, 0.1) is 0 Å². The van der Waals surface area contributed by atoms with Crippen LogP contribution in [0.25, 0.3) is 10.9 Å². The van der Waals surface area contributed by atoms with Crippen molar-refractivity contribution >= 4 is 45.5 Å². The Morgan fingerprint density at radius 3 is 2.88 bits per heavy atom. The minimum absolute atomic E-state index is 0.596. The number of aromatic nitrogens is 1. The smallest absolute Gasteiger partial charge is 0.171 e. The molecule has 0 fully saturated rings. The molecule has 4 rings (SSSR count). The number of benzene rings is 2. The zero-order valence-corrected chi connectivity index (χ0v) is 15.4. The molecular formula is C20H20ClN3S. The van der Waals surface area contributed by atoms with E-state index in [0.717, 1.165) is 5.69 Å². The Balaban J connectivity index is 1.44. The molecule has 3 N–H and O–H groups in total. The fraction of sp³-hybridized carbons (Fsp3) is 0.250. The number of fused-ring (bicyclic) bond motifs is 3. The van der Waals surface area contributed by atoms with Crippen molar-refractivity contribution in [3.63, 3.8) is 0 Å². The number of hydrogen-bond donors (Lipinski definition) is 3. The van der Waals surface area contributed by atoms with Crippen LogP contribution in [-0.4, -0.2) is 10.1 Å². The number of aromatic amines is 1. The highest BCUT2D eigenvalue weighted by molar-refractivity contribution is 7.80. The molecule has 1 heterocycles. The van der Waals surface area contributed by atoms with Crippen LogP contribution in [0.15, 0.2) is 42.5 Å². The molecule has 0 radical (unpaired) electrons. The van der Waals surface area contributed by atoms with E-state index >= 15 is 0 Å². The molecule has 0 aliphatic heterocycles. The molecule has 0 saturated carbocycles. The maximum absolute atomic E-state index is 6.00. The quantitative estimate of drug-likeness (QED) is 0.556. The Bertz CT molecular complexity index is 932. The van der Waals surface area contributed by atoms with E-state index < -0.39 is 0 Å². The van der Waals surface area contributed by atoms with Gasteiger partial charge in [0.25, 0.3) is 0 Å². The van der Waals surface area contributed by atoms with Crippen LogP contribution >= 0.6 is 23.8 Å². The lowest BCUT2D eigenvalue weighted by Crippen LogP contribution is -2.27. The fourth-order valence-corrected chi connectivity index (χ4v) is 3.87. The first-order valence-corrected chi connectivity index (χ1v) is 9.40. The fourth-order valence-electron chi connectivity index (χ4n) is 3.49. The highest BCUT2D eigenvalue weighted by Crippen LogP contribution is 2.29. The first kappa shape index (κ1) is 16.4. The average molecular weight is 370 g/mol. The van der Waals surface area contributed by atoms with E-state index in [9.17, 15) is 0 Å². The minimum Gasteiger partial charge on any atom is -0.358 e. The van der Waals surface area contributed by atoms with E-state index in [1.165, 1.54) is 53.4 Å². The Morgan fingerprint density at radius 2 is 2.00 bits per heavy atom. The average Bonchev–Trinajstić information content (AvgIpc) is 2.98. The normalized spacial score (nSPS) is 13.5. The van der Waals surface area contributed by atoms with Gasteiger partial charge in [-0.1, -0.05) is 23.7 Å². The molecule has 0 saturated heterocycles. The molecule has 1 aliphatic rings. The summed E-state index contributed by atoms with van der Waals surface area (Å²) in [7, 11) is 0. The molecule has 0 unspecified atom stereocenters. The number of hydrogen-bond acceptors (Lipinski definition) is 1. The lowest BCUT2D eigenvalue weighted by Gasteiger charge is -2.12. The lowest BCUT2D eigenvalue weighted by molar-refractivity contribution is 0.680. The summed E-state index contributed by atoms with van der Waals surface area (Å²) in [6.07, 6.45) is 4.93. The van der Waals surface area contributed by atoms with Crippen LogP contribution in [0.2, 0.25) is 5.02 Å². The number of halogens is 1. The van der Waals surface area contributed by atoms with Gasteiger partial charge in [0.1, 0.15) is 0 Å². The summed E-state index contributed by atoms with van der Waals surface area (Å²) in [5.74, 6) is 0. The number of thiocarbonyl (C=S) groups is 1. The molecule has 1 aliphatic carbocycles. The molecule has 0 amide bonds. The zero-order chi connectivity index (χ0) is 17.2. The van der Waals surface area contributed by atoms with Gasteiger partial charge in [0.15, 0.2) is 5.11 Å². The minimum atomic E-state index is 0.596. The number of rotatable bonds is 3. The summed E-state index contributed by atoms with van der Waals surface area (Å²) in [6, 6.07) is 14.2. The number of aryl methyl sites for hydroxylation is 2. The van der Waals surface area contributed by atoms with Gasteiger partial charge in [0.2, 0.25) is 0 Å². The van der Waals surface area contributed by atoms with E-state index in [1.54, 1.807) is 0 Å². The third-order valence-electron chi connectivity index (χ3n) is 4.70. The summed E-state index contributed by atoms with van der Waals surface area (Å²) in [5.41, 5.74) is 6.29. The first-order chi connectivity index (χ1) is 12.2. The molecule has 3 nitrogen and oxygen atoms in total. The van der Waals surface area contributed by atoms with Crippen molar-refractivity contribution in [1.82, 2.24) is 10.3 Å². The van der Waals surface area contributed by atoms with Gasteiger partial charge in [-0.15, -0.1) is 0 Å². The third kappa shape index (κ3) is 3.65. The van der Waals surface area contributed by atoms with Crippen molar-refractivity contribution in [2.24, 2.45) is 0 Å². The summed E-state index contributed by atoms with van der Waals surface area (Å²) in [6.45, 7) is 0.697. The van der Waals surface area contributed by atoms with E-state index in [0.29, 0.717) is 16.7 Å². The second kappa shape index (κ2) is 7.06. The molecule has 0 bridgehead atoms. The third-order valence-corrected chi connectivity index (χ3v) is 5.18. The van der Waals surface area contributed by atoms with Crippen LogP contribution in [0.4, 0.5) is 5.69 Å². The van der Waals surface area contributed by atoms with Crippen molar-refractivity contribution < 1.29 is 0 Å². The highest BCUT2D eigenvalue weighted by atomic mass is 35.5. The van der Waals surface area contributed by atoms with Crippen molar-refractivity contribution in [3.8, 4) is 0 Å². The Hall–Kier alpha value is -2.04. The standard InChI is InChI=1S/C20H20ClN3S/c21-14-4-3-5-15(11-14)23-20(25)22-12-13-8-9-19-17(10-13)16-6-1-2-7-18(16)24-19/h3-5,8-11,24H,1-2,6-7,12H2,(H2,22,23,25). The predicted octanol–water partition coefficient (Wildman–Crippen LogP) is 5.19. The largest absolute Gasteiger partial charge is 0.358 e. The summed E-state index contributed by atoms with van der Waals surface area (Å²) < 4.78 is 0. The maximum Gasteiger partial charge on any atom is 0.171 e. The van der Waals surface area contributed by atoms with Crippen LogP contribution in [0, 0.1) is 0 Å². The van der Waals surface area contributed by atoms with Gasteiger partial charge < -0.3 is 15.6 Å². The van der Waals surface area contributed by atoms with Crippen molar-refractivity contribution in [3.05, 3.63) is 64.3 Å². The maximum atomic E-state index is 6.00. The zero-order valence-electron chi connectivity index (χ0n) is 13.9. The monoisotopic (exact) mass is 369 g/mol. The van der Waals surface area contributed by atoms with Gasteiger partial charge >= 0.3 is 0 Å². The van der Waals surface area contributed by atoms with Gasteiger partial charge in [-0.25, -0.2) is 0 Å². The molecule has 0 atom stereocenters. The van der Waals surface area contributed by atoms with Gasteiger partial charge in [-0.05, 0) is 79.4 Å². The molecule has 3 aromatic rings. The van der Waals surface area contributed by atoms with Gasteiger partial charge in [-0.2, -0.15) is 0 Å². The molecule has 5 heteroatoms. The molecule has 128 valence electrons. The number of anilines is 1. The van der Waals surface area contributed by atoms with Crippen LogP contribution in [0.1, 0.15) is 29.7 Å². The first-order valence-electron chi connectivity index (χ1n) is 8.62. The summed E-state index contributed by atoms with van der Waals surface area (Å²) in [5, 5.41) is 9.09. The molecule has 25 heavy (non-hydrogen) atoms. The highest BCUT2D eigenvalue weighted by Gasteiger charge is 2.15. The number of nitrogens with one attached hydrogen (secondary N) is 3. The van der Waals surface area contributed by atoms with Crippen molar-refractivity contribution in [2.75, 3.05) is 5.32 Å². The molecule has 2 aromatic carbocycles. The Kier molecular flexibility index (Phi) is 4.64. The Labute approximate surface area is 157 Å². The Morgan fingerprint density at radius 1 is 1.12 bits per heavy atom. The molecule has 0 spiro atoms. The predicted molar refractivity (Wildman–Crippen MR) is 109 cm³/mol. The van der Waals surface area contributed by atoms with E-state index in [2.05, 4.69) is 33.8 Å². The van der Waals surface area contributed by atoms with Gasteiger partial charge in [-0.3, -0.25) is 0 Å². The van der Waals surface area contributed by atoms with E-state index in [1.807, 2.05) is 24.3 Å². The lowest BCUT2D eigenvalue weighted by atomic mass is 9.95. The molecule has 1 aromatic heterocycles. The topological polar surface area (TPSA) is 39.9 Å². The van der Waals surface area contributed by atoms with Crippen LogP contribution in [-0.2, 0) is 19.4 Å². The molecular weight excluding hydrogens is 350 g/mol. The number of H-pyrrole nitrogens is 1. The van der Waals surface area contributed by atoms with Crippen molar-refractivity contribution in [2.45, 2.75) is 32.2 Å². The van der Waals surface area contributed by atoms with Gasteiger partial charge in [0, 0.05) is 33.9 Å². The summed E-state index contributed by atoms with van der Waals surface area (Å²) in [4.78, 5) is 3.58. The van der Waals surface area contributed by atoms with E-state index in [-0.39, 0.29) is 0 Å². The van der Waals surface area contributed by atoms with Crippen LogP contribution in [0.5, 0.6) is 0 Å². The van der Waals surface area contributed by atoms with Crippen LogP contribution in [0.3, 0.4) is 0 Å². The second-order valence-electron chi connectivity index (χ2n) is 6.49. The SMILES string of the molecule is S=C(NCc1ccc2[nH]c3c(c2c1)CCCC3)Nc1cccc(Cl)c1. The van der Waals surface area contributed by atoms with Crippen LogP contribution < -0.4 is 10.6 Å². The van der Waals surface area contributed by atoms with Crippen molar-refractivity contribution in [1.29, 1.82) is 0 Å². The summed E-state index contributed by atoms with van der Waals surface area (Å²) >= 11 is 11.4.